The van der Waals surface area contributed by atoms with E-state index in [2.05, 4.69) is 51.1 Å². The van der Waals surface area contributed by atoms with Gasteiger partial charge in [0.1, 0.15) is 0 Å². The number of carbonyl (C=O) groups excluding carboxylic acids is 1. The van der Waals surface area contributed by atoms with Crippen LogP contribution < -0.4 is 0 Å². The van der Waals surface area contributed by atoms with Crippen molar-refractivity contribution in [2.75, 3.05) is 19.8 Å². The molecule has 1 fully saturated rings. The second-order valence-electron chi connectivity index (χ2n) is 11.4. The summed E-state index contributed by atoms with van der Waals surface area (Å²) in [6, 6.07) is 10.8. The van der Waals surface area contributed by atoms with Crippen LogP contribution >= 0.6 is 0 Å². The fraction of sp³-hybridized carbons (Fsp3) is 0.735. The van der Waals surface area contributed by atoms with Crippen molar-refractivity contribution < 1.29 is 19.0 Å². The molecule has 1 heterocycles. The molecule has 0 radical (unpaired) electrons. The number of allylic oxidation sites excluding steroid dienone is 1. The fourth-order valence-electron chi connectivity index (χ4n) is 6.03. The van der Waals surface area contributed by atoms with Gasteiger partial charge in [0, 0.05) is 0 Å². The van der Waals surface area contributed by atoms with Gasteiger partial charge in [-0.3, -0.25) is 0 Å². The summed E-state index contributed by atoms with van der Waals surface area (Å²) in [4.78, 5) is 14.0. The van der Waals surface area contributed by atoms with E-state index in [4.69, 9.17) is 14.2 Å². The van der Waals surface area contributed by atoms with Gasteiger partial charge in [-0.15, -0.1) is 0 Å². The van der Waals surface area contributed by atoms with Crippen molar-refractivity contribution >= 4 is 29.9 Å². The molecule has 1 saturated heterocycles. The Hall–Kier alpha value is -0.851. The Morgan fingerprint density at radius 3 is 2.05 bits per heavy atom. The van der Waals surface area contributed by atoms with Gasteiger partial charge < -0.3 is 0 Å². The molecule has 0 N–H and O–H groups in total. The molecule has 1 unspecified atom stereocenters. The number of benzene rings is 1. The van der Waals surface area contributed by atoms with Gasteiger partial charge in [-0.1, -0.05) is 0 Å². The van der Waals surface area contributed by atoms with Crippen LogP contribution in [0.2, 0.25) is 13.3 Å². The average Bonchev–Trinajstić information content (AvgIpc) is 2.97. The van der Waals surface area contributed by atoms with Crippen LogP contribution in [0.1, 0.15) is 123 Å². The summed E-state index contributed by atoms with van der Waals surface area (Å²) < 4.78 is 22.6. The van der Waals surface area contributed by atoms with E-state index in [0.29, 0.717) is 6.61 Å². The van der Waals surface area contributed by atoms with E-state index < -0.39 is 18.4 Å². The average molecular weight is 650 g/mol. The van der Waals surface area contributed by atoms with E-state index >= 15 is 0 Å². The molecule has 1 atom stereocenters. The third kappa shape index (κ3) is 12.3. The second-order valence-corrected chi connectivity index (χ2v) is 24.4. The van der Waals surface area contributed by atoms with Gasteiger partial charge in [-0.25, -0.2) is 0 Å². The molecule has 1 aliphatic heterocycles. The Labute approximate surface area is 244 Å². The minimum atomic E-state index is -3.06. The zero-order chi connectivity index (χ0) is 28.2. The Morgan fingerprint density at radius 2 is 1.49 bits per heavy atom. The van der Waals surface area contributed by atoms with E-state index in [1.807, 2.05) is 6.92 Å². The molecule has 0 spiro atoms. The molecular formula is C34H58O4Sn. The van der Waals surface area contributed by atoms with E-state index in [-0.39, 0.29) is 12.3 Å². The summed E-state index contributed by atoms with van der Waals surface area (Å²) in [6.45, 7) is 10.9. The second kappa shape index (κ2) is 20.9. The molecule has 222 valence electrons. The number of hydrogen-bond acceptors (Lipinski definition) is 4. The molecule has 1 aliphatic rings. The molecule has 5 heteroatoms. The van der Waals surface area contributed by atoms with E-state index in [9.17, 15) is 4.79 Å². The van der Waals surface area contributed by atoms with Gasteiger partial charge in [0.05, 0.1) is 0 Å². The molecule has 0 aromatic heterocycles. The normalized spacial score (nSPS) is 16.7. The van der Waals surface area contributed by atoms with Crippen LogP contribution in [0.5, 0.6) is 0 Å². The minimum absolute atomic E-state index is 0.00786. The molecule has 4 nitrogen and oxygen atoms in total. The topological polar surface area (TPSA) is 44.8 Å². The van der Waals surface area contributed by atoms with Crippen LogP contribution in [0, 0.1) is 0 Å². The molecule has 0 amide bonds. The van der Waals surface area contributed by atoms with Crippen LogP contribution in [0.15, 0.2) is 33.9 Å². The Kier molecular flexibility index (Phi) is 18.4. The van der Waals surface area contributed by atoms with Gasteiger partial charge in [-0.05, 0) is 6.42 Å². The number of esters is 1. The van der Waals surface area contributed by atoms with Crippen LogP contribution in [0.4, 0.5) is 0 Å². The van der Waals surface area contributed by atoms with Crippen LogP contribution in [0.3, 0.4) is 0 Å². The number of hydrogen-bond donors (Lipinski definition) is 0. The van der Waals surface area contributed by atoms with Crippen molar-refractivity contribution in [3.8, 4) is 0 Å². The molecule has 0 saturated carbocycles. The molecule has 0 bridgehead atoms. The summed E-state index contributed by atoms with van der Waals surface area (Å²) in [5, 5.41) is 0. The monoisotopic (exact) mass is 650 g/mol. The molecular weight excluding hydrogens is 591 g/mol. The predicted octanol–water partition coefficient (Wildman–Crippen LogP) is 9.89. The van der Waals surface area contributed by atoms with Crippen molar-refractivity contribution in [1.29, 1.82) is 0 Å². The summed E-state index contributed by atoms with van der Waals surface area (Å²) in [7, 11) is 0. The predicted molar refractivity (Wildman–Crippen MR) is 168 cm³/mol. The van der Waals surface area contributed by atoms with E-state index in [0.717, 1.165) is 58.2 Å². The van der Waals surface area contributed by atoms with Crippen LogP contribution in [0.25, 0.3) is 5.57 Å². The first kappa shape index (κ1) is 34.4. The first-order valence-electron chi connectivity index (χ1n) is 16.3. The maximum absolute atomic E-state index is 14.0. The van der Waals surface area contributed by atoms with Gasteiger partial charge in [0.2, 0.25) is 0 Å². The molecule has 39 heavy (non-hydrogen) atoms. The first-order chi connectivity index (χ1) is 19.1. The first-order valence-corrected chi connectivity index (χ1v) is 23.8. The van der Waals surface area contributed by atoms with Gasteiger partial charge in [0.15, 0.2) is 0 Å². The standard InChI is InChI=1S/C22H31O4.3C4H9.Sn/c1-2-24-21(23)18-20(19-12-7-5-8-13-19)14-6-3-4-10-16-25-22-15-9-11-17-26-22;3*1-3-4-2;/h5,7-8,12-13,22H,2-4,6,9-11,14-17H2,1H3;3*1,3-4H2,2H3;. The van der Waals surface area contributed by atoms with Crippen molar-refractivity contribution in [2.24, 2.45) is 0 Å². The van der Waals surface area contributed by atoms with Crippen molar-refractivity contribution in [1.82, 2.24) is 0 Å². The van der Waals surface area contributed by atoms with E-state index in [1.165, 1.54) is 73.0 Å². The number of carbonyl (C=O) groups is 1. The van der Waals surface area contributed by atoms with Gasteiger partial charge >= 0.3 is 239 Å². The molecule has 2 rings (SSSR count). The Morgan fingerprint density at radius 1 is 0.846 bits per heavy atom. The summed E-state index contributed by atoms with van der Waals surface area (Å²) in [5.41, 5.74) is 2.56. The Bertz CT molecular complexity index is 779. The summed E-state index contributed by atoms with van der Waals surface area (Å²) >= 11 is -3.06. The zero-order valence-corrected chi connectivity index (χ0v) is 28.6. The quantitative estimate of drug-likeness (QED) is 0.0576. The van der Waals surface area contributed by atoms with E-state index in [1.54, 1.807) is 0 Å². The molecule has 1 aromatic carbocycles. The van der Waals surface area contributed by atoms with Crippen molar-refractivity contribution in [2.45, 2.75) is 137 Å². The van der Waals surface area contributed by atoms with Crippen molar-refractivity contribution in [3.63, 3.8) is 0 Å². The summed E-state index contributed by atoms with van der Waals surface area (Å²) in [6.07, 6.45) is 16.2. The molecule has 1 aromatic rings. The zero-order valence-electron chi connectivity index (χ0n) is 25.7. The molecule has 0 aliphatic carbocycles. The maximum atomic E-state index is 14.0. The van der Waals surface area contributed by atoms with Gasteiger partial charge in [0.25, 0.3) is 0 Å². The fourth-order valence-corrected chi connectivity index (χ4v) is 23.2. The third-order valence-electron chi connectivity index (χ3n) is 8.22. The number of unbranched alkanes of at least 4 members (excludes halogenated alkanes) is 6. The SMILES string of the molecule is CCC[CH2][Sn]([CH2]CCC)([CH2]CCC)/[C](C(=O)OCC)=C(\CCCCCCOC1CCCCO1)c1ccccc1. The van der Waals surface area contributed by atoms with Gasteiger partial charge in [-0.2, -0.15) is 0 Å². The Balaban J connectivity index is 2.30. The summed E-state index contributed by atoms with van der Waals surface area (Å²) in [5.74, 6) is 0.0105. The van der Waals surface area contributed by atoms with Crippen LogP contribution in [-0.2, 0) is 19.0 Å². The number of rotatable bonds is 21. The third-order valence-corrected chi connectivity index (χ3v) is 23.9. The van der Waals surface area contributed by atoms with Crippen molar-refractivity contribution in [3.05, 3.63) is 39.5 Å². The number of ether oxygens (including phenoxy) is 3. The van der Waals surface area contributed by atoms with Crippen LogP contribution in [-0.4, -0.2) is 50.5 Å².